The van der Waals surface area contributed by atoms with E-state index in [4.69, 9.17) is 10.8 Å². The lowest BCUT2D eigenvalue weighted by Crippen LogP contribution is -2.13. The number of aromatic nitrogens is 1. The van der Waals surface area contributed by atoms with E-state index in [0.717, 1.165) is 12.1 Å². The molecule has 1 amide bonds. The molecule has 0 unspecified atom stereocenters. The number of carbonyl (C=O) groups excluding carboxylic acids is 1. The van der Waals surface area contributed by atoms with Crippen LogP contribution in [-0.2, 0) is 12.7 Å². The average Bonchev–Trinajstić information content (AvgIpc) is 2.97. The number of hydrogen-bond acceptors (Lipinski definition) is 4. The number of anilines is 1. The van der Waals surface area contributed by atoms with Crippen molar-refractivity contribution in [3.63, 3.8) is 0 Å². The highest BCUT2D eigenvalue weighted by Crippen LogP contribution is 2.32. The molecule has 41 heavy (non-hydrogen) atoms. The SMILES string of the molecule is Cc1ccccc1CN.O=C(O)c1cnc2cc(NC(=O)c3ccccc3-c3ccc(C(F)(F)F)cc3)ccc2c1. The Labute approximate surface area is 234 Å². The number of hydrogen-bond donors (Lipinski definition) is 3. The van der Waals surface area contributed by atoms with Gasteiger partial charge >= 0.3 is 12.1 Å². The zero-order valence-corrected chi connectivity index (χ0v) is 21.9. The van der Waals surface area contributed by atoms with E-state index < -0.39 is 23.6 Å². The molecule has 0 radical (unpaired) electrons. The first-order valence-electron chi connectivity index (χ1n) is 12.5. The summed E-state index contributed by atoms with van der Waals surface area (Å²) in [5, 5.41) is 12.4. The summed E-state index contributed by atoms with van der Waals surface area (Å²) in [6.45, 7) is 2.72. The summed E-state index contributed by atoms with van der Waals surface area (Å²) in [4.78, 5) is 28.1. The molecule has 1 aromatic heterocycles. The van der Waals surface area contributed by atoms with Gasteiger partial charge in [-0.05, 0) is 65.6 Å². The molecule has 0 bridgehead atoms. The van der Waals surface area contributed by atoms with Gasteiger partial charge in [0.25, 0.3) is 5.91 Å². The number of carbonyl (C=O) groups is 2. The molecule has 5 aromatic rings. The molecule has 0 spiro atoms. The fourth-order valence-electron chi connectivity index (χ4n) is 4.13. The first kappa shape index (κ1) is 29.0. The van der Waals surface area contributed by atoms with Crippen molar-refractivity contribution < 1.29 is 27.9 Å². The number of nitrogens with two attached hydrogens (primary N) is 1. The van der Waals surface area contributed by atoms with Crippen molar-refractivity contribution in [3.05, 3.63) is 131 Å². The third kappa shape index (κ3) is 7.14. The largest absolute Gasteiger partial charge is 0.478 e. The van der Waals surface area contributed by atoms with Crippen LogP contribution in [0.25, 0.3) is 22.0 Å². The molecule has 9 heteroatoms. The minimum Gasteiger partial charge on any atom is -0.478 e. The molecule has 0 saturated heterocycles. The van der Waals surface area contributed by atoms with Gasteiger partial charge in [0.05, 0.1) is 16.6 Å². The Kier molecular flexibility index (Phi) is 8.79. The average molecular weight is 558 g/mol. The Hall–Kier alpha value is -5.02. The van der Waals surface area contributed by atoms with Crippen LogP contribution in [0.2, 0.25) is 0 Å². The van der Waals surface area contributed by atoms with E-state index in [9.17, 15) is 22.8 Å². The van der Waals surface area contributed by atoms with Gasteiger partial charge in [0.2, 0.25) is 0 Å². The summed E-state index contributed by atoms with van der Waals surface area (Å²) in [6, 6.07) is 25.7. The van der Waals surface area contributed by atoms with Crippen LogP contribution in [0.3, 0.4) is 0 Å². The quantitative estimate of drug-likeness (QED) is 0.210. The summed E-state index contributed by atoms with van der Waals surface area (Å²) < 4.78 is 38.5. The summed E-state index contributed by atoms with van der Waals surface area (Å²) >= 11 is 0. The molecule has 208 valence electrons. The molecular weight excluding hydrogens is 531 g/mol. The number of aryl methyl sites for hydroxylation is 1. The van der Waals surface area contributed by atoms with Crippen LogP contribution in [-0.4, -0.2) is 22.0 Å². The number of carboxylic acids is 1. The predicted molar refractivity (Wildman–Crippen MR) is 153 cm³/mol. The number of amides is 1. The van der Waals surface area contributed by atoms with Crippen LogP contribution >= 0.6 is 0 Å². The molecular formula is C32H26F3N3O3. The molecule has 0 aliphatic carbocycles. The highest BCUT2D eigenvalue weighted by atomic mass is 19.4. The van der Waals surface area contributed by atoms with Crippen molar-refractivity contribution in [1.29, 1.82) is 0 Å². The molecule has 6 nitrogen and oxygen atoms in total. The van der Waals surface area contributed by atoms with E-state index in [1.165, 1.54) is 35.5 Å². The molecule has 0 fully saturated rings. The van der Waals surface area contributed by atoms with Gasteiger partial charge in [-0.25, -0.2) is 4.79 Å². The van der Waals surface area contributed by atoms with Crippen molar-refractivity contribution in [2.75, 3.05) is 5.32 Å². The number of halogens is 3. The summed E-state index contributed by atoms with van der Waals surface area (Å²) in [5.41, 5.74) is 9.46. The van der Waals surface area contributed by atoms with Crippen LogP contribution in [0.4, 0.5) is 18.9 Å². The maximum absolute atomic E-state index is 12.9. The number of aromatic carboxylic acids is 1. The van der Waals surface area contributed by atoms with Crippen LogP contribution in [0.15, 0.2) is 103 Å². The molecule has 4 N–H and O–H groups in total. The Morgan fingerprint density at radius 2 is 1.59 bits per heavy atom. The first-order valence-corrected chi connectivity index (χ1v) is 12.5. The minimum absolute atomic E-state index is 0.0553. The number of carboxylic acid groups (broad SMARTS) is 1. The summed E-state index contributed by atoms with van der Waals surface area (Å²) in [6.07, 6.45) is -3.21. The lowest BCUT2D eigenvalue weighted by Gasteiger charge is -2.12. The second-order valence-corrected chi connectivity index (χ2v) is 9.14. The van der Waals surface area contributed by atoms with Gasteiger partial charge in [-0.3, -0.25) is 9.78 Å². The van der Waals surface area contributed by atoms with Gasteiger partial charge in [0, 0.05) is 29.4 Å². The number of pyridine rings is 1. The third-order valence-electron chi connectivity index (χ3n) is 6.37. The lowest BCUT2D eigenvalue weighted by atomic mass is 9.98. The molecule has 0 aliphatic rings. The van der Waals surface area contributed by atoms with Gasteiger partial charge < -0.3 is 16.2 Å². The number of nitrogens with one attached hydrogen (secondary N) is 1. The number of rotatable bonds is 5. The van der Waals surface area contributed by atoms with Crippen molar-refractivity contribution >= 4 is 28.5 Å². The lowest BCUT2D eigenvalue weighted by molar-refractivity contribution is -0.137. The molecule has 4 aromatic carbocycles. The van der Waals surface area contributed by atoms with E-state index >= 15 is 0 Å². The second kappa shape index (κ2) is 12.4. The van der Waals surface area contributed by atoms with Gasteiger partial charge in [-0.2, -0.15) is 13.2 Å². The number of alkyl halides is 3. The fraction of sp³-hybridized carbons (Fsp3) is 0.0938. The Morgan fingerprint density at radius 3 is 2.22 bits per heavy atom. The van der Waals surface area contributed by atoms with Crippen LogP contribution in [0.5, 0.6) is 0 Å². The van der Waals surface area contributed by atoms with Crippen LogP contribution in [0, 0.1) is 6.92 Å². The molecule has 5 rings (SSSR count). The Bertz CT molecular complexity index is 1700. The second-order valence-electron chi connectivity index (χ2n) is 9.14. The minimum atomic E-state index is -4.44. The van der Waals surface area contributed by atoms with E-state index in [1.807, 2.05) is 12.1 Å². The zero-order chi connectivity index (χ0) is 29.6. The fourth-order valence-corrected chi connectivity index (χ4v) is 4.13. The number of fused-ring (bicyclic) bond motifs is 1. The Balaban J connectivity index is 0.000000367. The highest BCUT2D eigenvalue weighted by Gasteiger charge is 2.30. The van der Waals surface area contributed by atoms with Gasteiger partial charge in [-0.1, -0.05) is 60.7 Å². The topological polar surface area (TPSA) is 105 Å². The predicted octanol–water partition coefficient (Wildman–Crippen LogP) is 7.32. The third-order valence-corrected chi connectivity index (χ3v) is 6.37. The molecule has 1 heterocycles. The van der Waals surface area contributed by atoms with E-state index in [2.05, 4.69) is 29.4 Å². The summed E-state index contributed by atoms with van der Waals surface area (Å²) in [7, 11) is 0. The van der Waals surface area contributed by atoms with Gasteiger partial charge in [-0.15, -0.1) is 0 Å². The van der Waals surface area contributed by atoms with Gasteiger partial charge in [0.15, 0.2) is 0 Å². The normalized spacial score (nSPS) is 11.0. The van der Waals surface area contributed by atoms with E-state index in [1.54, 1.807) is 42.5 Å². The molecule has 0 saturated carbocycles. The maximum Gasteiger partial charge on any atom is 0.416 e. The Morgan fingerprint density at radius 1 is 0.902 bits per heavy atom. The smallest absolute Gasteiger partial charge is 0.416 e. The monoisotopic (exact) mass is 557 g/mol. The standard InChI is InChI=1S/C24H15F3N2O3.C8H11N/c25-24(26,27)17-8-5-14(6-9-17)19-3-1-2-4-20(19)22(30)29-18-10-7-15-11-16(23(31)32)13-28-21(15)12-18;1-7-4-2-3-5-8(7)6-9/h1-13H,(H,29,30)(H,31,32);2-5H,6,9H2,1H3. The van der Waals surface area contributed by atoms with E-state index in [-0.39, 0.29) is 5.56 Å². The molecule has 0 aliphatic heterocycles. The van der Waals surface area contributed by atoms with Crippen molar-refractivity contribution in [1.82, 2.24) is 4.98 Å². The summed E-state index contributed by atoms with van der Waals surface area (Å²) in [5.74, 6) is -1.53. The number of nitrogens with zero attached hydrogens (tertiary/aromatic N) is 1. The van der Waals surface area contributed by atoms with Crippen LogP contribution < -0.4 is 11.1 Å². The van der Waals surface area contributed by atoms with Crippen LogP contribution in [0.1, 0.15) is 37.4 Å². The van der Waals surface area contributed by atoms with Gasteiger partial charge in [0.1, 0.15) is 0 Å². The molecule has 0 atom stereocenters. The van der Waals surface area contributed by atoms with Crippen molar-refractivity contribution in [3.8, 4) is 11.1 Å². The highest BCUT2D eigenvalue weighted by molar-refractivity contribution is 6.09. The van der Waals surface area contributed by atoms with E-state index in [0.29, 0.717) is 39.8 Å². The zero-order valence-electron chi connectivity index (χ0n) is 21.9. The number of benzene rings is 4. The van der Waals surface area contributed by atoms with Crippen molar-refractivity contribution in [2.45, 2.75) is 19.6 Å². The maximum atomic E-state index is 12.9. The van der Waals surface area contributed by atoms with Crippen molar-refractivity contribution in [2.24, 2.45) is 5.73 Å². The first-order chi connectivity index (χ1) is 19.6.